The molecule has 98 valence electrons. The Balaban J connectivity index is 1.87. The van der Waals surface area contributed by atoms with Crippen molar-refractivity contribution in [1.82, 2.24) is 5.32 Å². The van der Waals surface area contributed by atoms with Crippen molar-refractivity contribution in [2.75, 3.05) is 18.4 Å². The SMILES string of the molecule is O=[N+]([O-])c1ccc(NCC[C@H]2CCCN2)c(Cl)c1. The summed E-state index contributed by atoms with van der Waals surface area (Å²) in [6, 6.07) is 5.07. The first-order valence-electron chi connectivity index (χ1n) is 6.08. The quantitative estimate of drug-likeness (QED) is 0.637. The lowest BCUT2D eigenvalue weighted by Gasteiger charge is -2.12. The number of nitro benzene ring substituents is 1. The van der Waals surface area contributed by atoms with E-state index in [1.807, 2.05) is 0 Å². The molecule has 2 N–H and O–H groups in total. The van der Waals surface area contributed by atoms with Crippen molar-refractivity contribution in [3.63, 3.8) is 0 Å². The normalized spacial score (nSPS) is 18.8. The van der Waals surface area contributed by atoms with Gasteiger partial charge in [0.15, 0.2) is 0 Å². The monoisotopic (exact) mass is 269 g/mol. The summed E-state index contributed by atoms with van der Waals surface area (Å²) in [6.07, 6.45) is 3.49. The molecule has 1 aliphatic rings. The van der Waals surface area contributed by atoms with Crippen molar-refractivity contribution in [3.05, 3.63) is 33.3 Å². The molecule has 18 heavy (non-hydrogen) atoms. The molecule has 0 amide bonds. The van der Waals surface area contributed by atoms with Crippen LogP contribution in [0.15, 0.2) is 18.2 Å². The molecule has 1 aliphatic heterocycles. The largest absolute Gasteiger partial charge is 0.384 e. The molecule has 1 saturated heterocycles. The maximum absolute atomic E-state index is 10.6. The molecule has 1 fully saturated rings. The van der Waals surface area contributed by atoms with Crippen molar-refractivity contribution in [2.24, 2.45) is 0 Å². The highest BCUT2D eigenvalue weighted by Crippen LogP contribution is 2.26. The van der Waals surface area contributed by atoms with Crippen molar-refractivity contribution >= 4 is 23.0 Å². The summed E-state index contributed by atoms with van der Waals surface area (Å²) in [5, 5.41) is 17.6. The summed E-state index contributed by atoms with van der Waals surface area (Å²) in [5.41, 5.74) is 0.767. The summed E-state index contributed by atoms with van der Waals surface area (Å²) in [5.74, 6) is 0. The minimum Gasteiger partial charge on any atom is -0.384 e. The zero-order chi connectivity index (χ0) is 13.0. The van der Waals surface area contributed by atoms with Crippen LogP contribution in [-0.2, 0) is 0 Å². The van der Waals surface area contributed by atoms with E-state index in [1.54, 1.807) is 6.07 Å². The second-order valence-corrected chi connectivity index (χ2v) is 4.84. The van der Waals surface area contributed by atoms with Gasteiger partial charge < -0.3 is 10.6 Å². The first-order chi connectivity index (χ1) is 8.66. The smallest absolute Gasteiger partial charge is 0.271 e. The number of nitrogens with one attached hydrogen (secondary N) is 2. The Morgan fingerprint density at radius 2 is 2.39 bits per heavy atom. The van der Waals surface area contributed by atoms with Crippen LogP contribution in [0.4, 0.5) is 11.4 Å². The Labute approximate surface area is 111 Å². The van der Waals surface area contributed by atoms with Crippen molar-refractivity contribution in [3.8, 4) is 0 Å². The lowest BCUT2D eigenvalue weighted by molar-refractivity contribution is -0.384. The predicted octanol–water partition coefficient (Wildman–Crippen LogP) is 2.80. The first kappa shape index (κ1) is 13.1. The van der Waals surface area contributed by atoms with Crippen molar-refractivity contribution in [1.29, 1.82) is 0 Å². The van der Waals surface area contributed by atoms with Gasteiger partial charge in [0, 0.05) is 24.7 Å². The van der Waals surface area contributed by atoms with E-state index in [0.29, 0.717) is 11.1 Å². The Hall–Kier alpha value is -1.33. The standard InChI is InChI=1S/C12H16ClN3O2/c13-11-8-10(16(17)18)3-4-12(11)15-7-5-9-2-1-6-14-9/h3-4,8-9,14-15H,1-2,5-7H2/t9-/m1/s1. The third-order valence-electron chi connectivity index (χ3n) is 3.13. The van der Waals surface area contributed by atoms with E-state index >= 15 is 0 Å². The predicted molar refractivity (Wildman–Crippen MR) is 72.2 cm³/mol. The fraction of sp³-hybridized carbons (Fsp3) is 0.500. The number of nitro groups is 1. The van der Waals surface area contributed by atoms with Crippen LogP contribution < -0.4 is 10.6 Å². The molecule has 6 heteroatoms. The molecule has 0 radical (unpaired) electrons. The number of hydrogen-bond acceptors (Lipinski definition) is 4. The molecule has 1 aromatic rings. The summed E-state index contributed by atoms with van der Waals surface area (Å²) in [7, 11) is 0. The summed E-state index contributed by atoms with van der Waals surface area (Å²) < 4.78 is 0. The Morgan fingerprint density at radius 1 is 1.56 bits per heavy atom. The zero-order valence-electron chi connectivity index (χ0n) is 9.99. The van der Waals surface area contributed by atoms with E-state index in [9.17, 15) is 10.1 Å². The molecule has 1 heterocycles. The van der Waals surface area contributed by atoms with Crippen LogP contribution in [0.2, 0.25) is 5.02 Å². The highest BCUT2D eigenvalue weighted by atomic mass is 35.5. The Morgan fingerprint density at radius 3 is 3.00 bits per heavy atom. The second kappa shape index (κ2) is 6.02. The third-order valence-corrected chi connectivity index (χ3v) is 3.45. The van der Waals surface area contributed by atoms with E-state index in [0.717, 1.165) is 25.2 Å². The lowest BCUT2D eigenvalue weighted by Crippen LogP contribution is -2.24. The molecular weight excluding hydrogens is 254 g/mol. The zero-order valence-corrected chi connectivity index (χ0v) is 10.7. The van der Waals surface area contributed by atoms with Gasteiger partial charge in [0.05, 0.1) is 15.6 Å². The average molecular weight is 270 g/mol. The maximum Gasteiger partial charge on any atom is 0.271 e. The van der Waals surface area contributed by atoms with Crippen LogP contribution in [0.1, 0.15) is 19.3 Å². The molecule has 0 bridgehead atoms. The van der Waals surface area contributed by atoms with Gasteiger partial charge in [-0.15, -0.1) is 0 Å². The van der Waals surface area contributed by atoms with Crippen LogP contribution in [-0.4, -0.2) is 24.1 Å². The molecule has 0 aliphatic carbocycles. The van der Waals surface area contributed by atoms with E-state index < -0.39 is 4.92 Å². The van der Waals surface area contributed by atoms with Crippen LogP contribution >= 0.6 is 11.6 Å². The number of non-ortho nitro benzene ring substituents is 1. The average Bonchev–Trinajstić information content (AvgIpc) is 2.84. The van der Waals surface area contributed by atoms with Gasteiger partial charge in [-0.2, -0.15) is 0 Å². The first-order valence-corrected chi connectivity index (χ1v) is 6.46. The minimum atomic E-state index is -0.446. The molecule has 0 aromatic heterocycles. The van der Waals surface area contributed by atoms with E-state index in [1.165, 1.54) is 25.0 Å². The van der Waals surface area contributed by atoms with Gasteiger partial charge in [0.1, 0.15) is 0 Å². The fourth-order valence-corrected chi connectivity index (χ4v) is 2.39. The highest BCUT2D eigenvalue weighted by molar-refractivity contribution is 6.33. The van der Waals surface area contributed by atoms with Crippen LogP contribution in [0.5, 0.6) is 0 Å². The second-order valence-electron chi connectivity index (χ2n) is 4.43. The van der Waals surface area contributed by atoms with Gasteiger partial charge in [-0.3, -0.25) is 10.1 Å². The van der Waals surface area contributed by atoms with E-state index in [4.69, 9.17) is 11.6 Å². The molecule has 0 unspecified atom stereocenters. The van der Waals surface area contributed by atoms with Gasteiger partial charge >= 0.3 is 0 Å². The molecular formula is C12H16ClN3O2. The molecule has 0 spiro atoms. The number of anilines is 1. The van der Waals surface area contributed by atoms with Gasteiger partial charge in [0.25, 0.3) is 5.69 Å². The number of halogens is 1. The number of rotatable bonds is 5. The van der Waals surface area contributed by atoms with Crippen LogP contribution in [0, 0.1) is 10.1 Å². The topological polar surface area (TPSA) is 67.2 Å². The van der Waals surface area contributed by atoms with Gasteiger partial charge in [-0.05, 0) is 31.9 Å². The van der Waals surface area contributed by atoms with Gasteiger partial charge in [-0.25, -0.2) is 0 Å². The number of hydrogen-bond donors (Lipinski definition) is 2. The molecule has 5 nitrogen and oxygen atoms in total. The number of benzene rings is 1. The molecule has 0 saturated carbocycles. The number of nitrogens with zero attached hydrogens (tertiary/aromatic N) is 1. The highest BCUT2D eigenvalue weighted by Gasteiger charge is 2.14. The Kier molecular flexibility index (Phi) is 4.38. The van der Waals surface area contributed by atoms with Crippen molar-refractivity contribution in [2.45, 2.75) is 25.3 Å². The summed E-state index contributed by atoms with van der Waals surface area (Å²) in [6.45, 7) is 1.91. The Bertz CT molecular complexity index is 433. The summed E-state index contributed by atoms with van der Waals surface area (Å²) in [4.78, 5) is 10.1. The van der Waals surface area contributed by atoms with E-state index in [2.05, 4.69) is 10.6 Å². The molecule has 1 atom stereocenters. The molecule has 2 rings (SSSR count). The summed E-state index contributed by atoms with van der Waals surface area (Å²) >= 11 is 5.99. The lowest BCUT2D eigenvalue weighted by atomic mass is 10.1. The van der Waals surface area contributed by atoms with Gasteiger partial charge in [0.2, 0.25) is 0 Å². The van der Waals surface area contributed by atoms with Gasteiger partial charge in [-0.1, -0.05) is 11.6 Å². The van der Waals surface area contributed by atoms with Crippen molar-refractivity contribution < 1.29 is 4.92 Å². The molecule has 1 aromatic carbocycles. The third kappa shape index (κ3) is 3.34. The fourth-order valence-electron chi connectivity index (χ4n) is 2.15. The van der Waals surface area contributed by atoms with Crippen LogP contribution in [0.25, 0.3) is 0 Å². The minimum absolute atomic E-state index is 0.0167. The van der Waals surface area contributed by atoms with Crippen LogP contribution in [0.3, 0.4) is 0 Å². The van der Waals surface area contributed by atoms with E-state index in [-0.39, 0.29) is 5.69 Å². The maximum atomic E-state index is 10.6.